The minimum atomic E-state index is -0.244. The van der Waals surface area contributed by atoms with E-state index < -0.39 is 0 Å². The Labute approximate surface area is 183 Å². The molecule has 0 radical (unpaired) electrons. The summed E-state index contributed by atoms with van der Waals surface area (Å²) in [6.45, 7) is 0.206. The van der Waals surface area contributed by atoms with Gasteiger partial charge in [-0.1, -0.05) is 48.9 Å². The van der Waals surface area contributed by atoms with Gasteiger partial charge in [-0.05, 0) is 55.4 Å². The van der Waals surface area contributed by atoms with Gasteiger partial charge in [0.25, 0.3) is 0 Å². The maximum absolute atomic E-state index is 13.1. The highest BCUT2D eigenvalue weighted by Crippen LogP contribution is 2.49. The van der Waals surface area contributed by atoms with Crippen LogP contribution in [0.15, 0.2) is 79.0 Å². The fourth-order valence-electron chi connectivity index (χ4n) is 5.44. The molecule has 2 aliphatic rings. The second-order valence-corrected chi connectivity index (χ2v) is 8.95. The fraction of sp³-hybridized carbons (Fsp3) is 0.333. The van der Waals surface area contributed by atoms with E-state index >= 15 is 0 Å². The molecular weight excluding hydrogens is 384 g/mol. The predicted octanol–water partition coefficient (Wildman–Crippen LogP) is 4.97. The van der Waals surface area contributed by atoms with Crippen LogP contribution >= 0.6 is 0 Å². The molecule has 158 valence electrons. The van der Waals surface area contributed by atoms with E-state index in [4.69, 9.17) is 4.74 Å². The second-order valence-electron chi connectivity index (χ2n) is 8.95. The van der Waals surface area contributed by atoms with E-state index in [1.54, 1.807) is 0 Å². The number of hydrogen-bond acceptors (Lipinski definition) is 2. The van der Waals surface area contributed by atoms with Crippen molar-refractivity contribution in [2.24, 2.45) is 13.0 Å². The van der Waals surface area contributed by atoms with Crippen LogP contribution < -0.4 is 9.30 Å². The molecule has 2 aromatic heterocycles. The van der Waals surface area contributed by atoms with Gasteiger partial charge in [0, 0.05) is 22.9 Å². The number of pyridine rings is 1. The van der Waals surface area contributed by atoms with Crippen molar-refractivity contribution in [2.75, 3.05) is 0 Å². The van der Waals surface area contributed by atoms with Gasteiger partial charge in [0.1, 0.15) is 13.6 Å². The number of rotatable bonds is 5. The molecule has 0 saturated heterocycles. The molecule has 4 heteroatoms. The van der Waals surface area contributed by atoms with Crippen LogP contribution in [-0.2, 0) is 23.8 Å². The molecule has 0 N–H and O–H groups in total. The standard InChI is InChI=1S/C27H29N2O2/c1-28-18-6-5-13-25(28)31-26(30)20-29-23(22-11-3-2-4-12-22)14-15-24(29)27-16-7-9-21(19-27)10-8-17-27/h2-7,9,11-15,18,21H,8,10,16-17,19-20H2,1H3/q+1. The molecule has 4 nitrogen and oxygen atoms in total. The Morgan fingerprint density at radius 1 is 1.13 bits per heavy atom. The number of allylic oxidation sites excluding steroid dienone is 2. The van der Waals surface area contributed by atoms with E-state index in [0.717, 1.165) is 17.7 Å². The highest BCUT2D eigenvalue weighted by molar-refractivity contribution is 5.73. The first-order valence-corrected chi connectivity index (χ1v) is 11.2. The Bertz CT molecular complexity index is 1120. The number of carbonyl (C=O) groups is 1. The fourth-order valence-corrected chi connectivity index (χ4v) is 5.44. The molecule has 2 aliphatic carbocycles. The summed E-state index contributed by atoms with van der Waals surface area (Å²) < 4.78 is 9.78. The average Bonchev–Trinajstić information content (AvgIpc) is 3.20. The number of hydrogen-bond donors (Lipinski definition) is 0. The van der Waals surface area contributed by atoms with Gasteiger partial charge < -0.3 is 9.30 Å². The summed E-state index contributed by atoms with van der Waals surface area (Å²) in [6, 6.07) is 20.4. The first kappa shape index (κ1) is 19.8. The summed E-state index contributed by atoms with van der Waals surface area (Å²) in [6.07, 6.45) is 12.5. The molecule has 2 atom stereocenters. The van der Waals surface area contributed by atoms with Crippen molar-refractivity contribution < 1.29 is 14.1 Å². The lowest BCUT2D eigenvalue weighted by molar-refractivity contribution is -0.675. The minimum absolute atomic E-state index is 0.113. The van der Waals surface area contributed by atoms with Gasteiger partial charge in [-0.25, -0.2) is 4.79 Å². The molecule has 5 rings (SSSR count). The number of aryl methyl sites for hydroxylation is 1. The third kappa shape index (κ3) is 3.83. The van der Waals surface area contributed by atoms with E-state index in [1.807, 2.05) is 54.2 Å². The first-order chi connectivity index (χ1) is 15.1. The molecule has 2 unspecified atom stereocenters. The third-order valence-corrected chi connectivity index (χ3v) is 6.91. The number of benzene rings is 1. The van der Waals surface area contributed by atoms with Crippen molar-refractivity contribution in [1.29, 1.82) is 0 Å². The number of esters is 1. The number of carbonyl (C=O) groups excluding carboxylic acids is 1. The zero-order valence-electron chi connectivity index (χ0n) is 18.0. The molecule has 1 fully saturated rings. The van der Waals surface area contributed by atoms with Gasteiger partial charge in [0.2, 0.25) is 0 Å². The summed E-state index contributed by atoms with van der Waals surface area (Å²) in [5, 5.41) is 0. The van der Waals surface area contributed by atoms with Crippen molar-refractivity contribution in [2.45, 2.75) is 44.1 Å². The maximum atomic E-state index is 13.1. The van der Waals surface area contributed by atoms with E-state index in [1.165, 1.54) is 31.4 Å². The van der Waals surface area contributed by atoms with Crippen molar-refractivity contribution in [3.05, 3.63) is 84.7 Å². The summed E-state index contributed by atoms with van der Waals surface area (Å²) in [4.78, 5) is 13.1. The van der Waals surface area contributed by atoms with E-state index in [2.05, 4.69) is 41.0 Å². The molecule has 3 aromatic rings. The normalized spacial score (nSPS) is 22.3. The van der Waals surface area contributed by atoms with Crippen molar-refractivity contribution >= 4 is 5.97 Å². The Balaban J connectivity index is 1.52. The largest absolute Gasteiger partial charge is 0.375 e. The van der Waals surface area contributed by atoms with Gasteiger partial charge in [-0.2, -0.15) is 4.57 Å². The zero-order valence-corrected chi connectivity index (χ0v) is 18.0. The van der Waals surface area contributed by atoms with Crippen molar-refractivity contribution in [3.8, 4) is 17.1 Å². The van der Waals surface area contributed by atoms with Crippen LogP contribution in [0.4, 0.5) is 0 Å². The molecule has 0 spiro atoms. The molecule has 31 heavy (non-hydrogen) atoms. The van der Waals surface area contributed by atoms with Gasteiger partial charge in [-0.15, -0.1) is 0 Å². The van der Waals surface area contributed by atoms with Crippen LogP contribution in [0.25, 0.3) is 11.3 Å². The van der Waals surface area contributed by atoms with Crippen molar-refractivity contribution in [1.82, 2.24) is 4.57 Å². The number of ether oxygens (including phenoxy) is 1. The van der Waals surface area contributed by atoms with Gasteiger partial charge in [0.15, 0.2) is 6.20 Å². The molecule has 2 heterocycles. The van der Waals surface area contributed by atoms with E-state index in [-0.39, 0.29) is 17.9 Å². The number of nitrogens with zero attached hydrogens (tertiary/aromatic N) is 2. The molecule has 2 bridgehead atoms. The van der Waals surface area contributed by atoms with Gasteiger partial charge in [0.05, 0.1) is 6.07 Å². The lowest BCUT2D eigenvalue weighted by Crippen LogP contribution is -2.37. The summed E-state index contributed by atoms with van der Waals surface area (Å²) in [7, 11) is 1.88. The molecule has 1 aromatic carbocycles. The zero-order chi connectivity index (χ0) is 21.3. The van der Waals surface area contributed by atoms with Crippen LogP contribution in [0.5, 0.6) is 5.88 Å². The maximum Gasteiger partial charge on any atom is 0.375 e. The van der Waals surface area contributed by atoms with Crippen molar-refractivity contribution in [3.63, 3.8) is 0 Å². The van der Waals surface area contributed by atoms with E-state index in [9.17, 15) is 4.79 Å². The molecule has 1 saturated carbocycles. The first-order valence-electron chi connectivity index (χ1n) is 11.2. The van der Waals surface area contributed by atoms with Crippen LogP contribution in [0.3, 0.4) is 0 Å². The second kappa shape index (κ2) is 8.18. The lowest BCUT2D eigenvalue weighted by atomic mass is 9.63. The van der Waals surface area contributed by atoms with Crippen LogP contribution in [0.1, 0.15) is 37.8 Å². The quantitative estimate of drug-likeness (QED) is 0.336. The Morgan fingerprint density at radius 3 is 2.81 bits per heavy atom. The SMILES string of the molecule is C[n+]1ccccc1OC(=O)Cn1c(-c2ccccc2)ccc1C12CC=CC(CCC1)C2. The third-order valence-electron chi connectivity index (χ3n) is 6.91. The number of aromatic nitrogens is 2. The summed E-state index contributed by atoms with van der Waals surface area (Å²) >= 11 is 0. The average molecular weight is 414 g/mol. The van der Waals surface area contributed by atoms with Gasteiger partial charge in [-0.3, -0.25) is 0 Å². The van der Waals surface area contributed by atoms with Crippen LogP contribution in [0.2, 0.25) is 0 Å². The monoisotopic (exact) mass is 413 g/mol. The minimum Gasteiger partial charge on any atom is -0.369 e. The smallest absolute Gasteiger partial charge is 0.369 e. The summed E-state index contributed by atoms with van der Waals surface area (Å²) in [5.74, 6) is 0.965. The topological polar surface area (TPSA) is 35.1 Å². The molecular formula is C27H29N2O2+. The lowest BCUT2D eigenvalue weighted by Gasteiger charge is -2.43. The van der Waals surface area contributed by atoms with Crippen LogP contribution in [-0.4, -0.2) is 10.5 Å². The van der Waals surface area contributed by atoms with Gasteiger partial charge >= 0.3 is 11.8 Å². The Morgan fingerprint density at radius 2 is 1.97 bits per heavy atom. The highest BCUT2D eigenvalue weighted by Gasteiger charge is 2.41. The molecule has 0 aliphatic heterocycles. The Hall–Kier alpha value is -3.14. The van der Waals surface area contributed by atoms with Crippen LogP contribution in [0, 0.1) is 5.92 Å². The molecule has 0 amide bonds. The van der Waals surface area contributed by atoms with E-state index in [0.29, 0.717) is 11.8 Å². The Kier molecular flexibility index (Phi) is 5.23. The summed E-state index contributed by atoms with van der Waals surface area (Å²) in [5.41, 5.74) is 3.59. The predicted molar refractivity (Wildman–Crippen MR) is 121 cm³/mol. The number of fused-ring (bicyclic) bond motifs is 2. The highest BCUT2D eigenvalue weighted by atomic mass is 16.5.